The van der Waals surface area contributed by atoms with Crippen LogP contribution in [0.4, 0.5) is 0 Å². The lowest BCUT2D eigenvalue weighted by atomic mass is 9.61. The quantitative estimate of drug-likeness (QED) is 0.780. The molecule has 4 atom stereocenters. The van der Waals surface area contributed by atoms with Crippen molar-refractivity contribution in [3.63, 3.8) is 0 Å². The van der Waals surface area contributed by atoms with E-state index in [-0.39, 0.29) is 17.6 Å². The predicted molar refractivity (Wildman–Crippen MR) is 98.2 cm³/mol. The molecule has 0 saturated carbocycles. The largest absolute Gasteiger partial charge is 0.465 e. The zero-order chi connectivity index (χ0) is 18.4. The van der Waals surface area contributed by atoms with Gasteiger partial charge in [-0.25, -0.2) is 4.79 Å². The van der Waals surface area contributed by atoms with Crippen LogP contribution in [0.2, 0.25) is 0 Å². The highest BCUT2D eigenvalue weighted by Gasteiger charge is 2.65. The second-order valence-electron chi connectivity index (χ2n) is 8.52. The Morgan fingerprint density at radius 1 is 1.33 bits per heavy atom. The minimum absolute atomic E-state index is 0.0904. The monoisotopic (exact) mass is 368 g/mol. The van der Waals surface area contributed by atoms with Crippen molar-refractivity contribution in [2.75, 3.05) is 26.8 Å². The molecule has 6 rings (SSSR count). The molecule has 1 aromatic carbocycles. The first-order chi connectivity index (χ1) is 13.1. The highest BCUT2D eigenvalue weighted by atomic mass is 16.5. The summed E-state index contributed by atoms with van der Waals surface area (Å²) in [4.78, 5) is 15.5. The van der Waals surface area contributed by atoms with E-state index in [2.05, 4.69) is 11.0 Å². The van der Waals surface area contributed by atoms with Gasteiger partial charge < -0.3 is 19.1 Å². The first kappa shape index (κ1) is 16.1. The summed E-state index contributed by atoms with van der Waals surface area (Å²) in [5.74, 6) is -0.577. The third-order valence-corrected chi connectivity index (χ3v) is 7.50. The Kier molecular flexibility index (Phi) is 3.06. The van der Waals surface area contributed by atoms with Crippen LogP contribution >= 0.6 is 0 Å². The molecule has 0 amide bonds. The van der Waals surface area contributed by atoms with Gasteiger partial charge in [-0.3, -0.25) is 4.90 Å². The lowest BCUT2D eigenvalue weighted by Gasteiger charge is -2.58. The molecule has 5 heterocycles. The van der Waals surface area contributed by atoms with Gasteiger partial charge in [0.05, 0.1) is 24.8 Å². The van der Waals surface area contributed by atoms with Crippen molar-refractivity contribution < 1.29 is 19.4 Å². The van der Waals surface area contributed by atoms with E-state index in [1.54, 1.807) is 0 Å². The molecule has 6 heteroatoms. The number of aliphatic hydroxyl groups is 1. The summed E-state index contributed by atoms with van der Waals surface area (Å²) in [7, 11) is 1.36. The second-order valence-corrected chi connectivity index (χ2v) is 8.52. The number of nitrogens with zero attached hydrogens (tertiary/aromatic N) is 2. The van der Waals surface area contributed by atoms with Crippen molar-refractivity contribution in [3.05, 3.63) is 35.5 Å². The van der Waals surface area contributed by atoms with E-state index in [1.807, 2.05) is 22.8 Å². The number of hydrogen-bond acceptors (Lipinski definition) is 5. The van der Waals surface area contributed by atoms with Crippen molar-refractivity contribution in [2.45, 2.75) is 43.6 Å². The van der Waals surface area contributed by atoms with Crippen LogP contribution in [0.5, 0.6) is 0 Å². The van der Waals surface area contributed by atoms with Gasteiger partial charge in [0.2, 0.25) is 5.72 Å². The molecule has 0 radical (unpaired) electrons. The maximum atomic E-state index is 12.9. The highest BCUT2D eigenvalue weighted by molar-refractivity contribution is 5.90. The maximum absolute atomic E-state index is 12.9. The number of fused-ring (bicyclic) bond motifs is 3. The third-order valence-electron chi connectivity index (χ3n) is 7.50. The molecule has 27 heavy (non-hydrogen) atoms. The summed E-state index contributed by atoms with van der Waals surface area (Å²) in [5, 5.41) is 13.0. The van der Waals surface area contributed by atoms with Gasteiger partial charge >= 0.3 is 5.97 Å². The fourth-order valence-electron chi connectivity index (χ4n) is 6.56. The summed E-state index contributed by atoms with van der Waals surface area (Å²) < 4.78 is 13.1. The average Bonchev–Trinajstić information content (AvgIpc) is 3.25. The van der Waals surface area contributed by atoms with E-state index in [0.717, 1.165) is 48.9 Å². The third kappa shape index (κ3) is 1.75. The zero-order valence-electron chi connectivity index (χ0n) is 15.5. The molecule has 1 aromatic heterocycles. The molecular weight excluding hydrogens is 344 g/mol. The lowest BCUT2D eigenvalue weighted by Crippen LogP contribution is -2.63. The van der Waals surface area contributed by atoms with Crippen LogP contribution in [0.3, 0.4) is 0 Å². The predicted octanol–water partition coefficient (Wildman–Crippen LogP) is 1.94. The topological polar surface area (TPSA) is 63.9 Å². The smallest absolute Gasteiger partial charge is 0.359 e. The van der Waals surface area contributed by atoms with Crippen LogP contribution in [-0.2, 0) is 26.4 Å². The van der Waals surface area contributed by atoms with E-state index in [0.29, 0.717) is 13.0 Å². The summed E-state index contributed by atoms with van der Waals surface area (Å²) in [6.45, 7) is 2.73. The molecule has 0 aliphatic carbocycles. The molecule has 0 bridgehead atoms. The summed E-state index contributed by atoms with van der Waals surface area (Å²) in [6.07, 6.45) is 3.22. The molecule has 0 unspecified atom stereocenters. The van der Waals surface area contributed by atoms with Gasteiger partial charge in [0.1, 0.15) is 0 Å². The Hall–Kier alpha value is -1.89. The van der Waals surface area contributed by atoms with E-state index >= 15 is 0 Å². The molecule has 4 aliphatic heterocycles. The number of carbonyl (C=O) groups excluding carboxylic acids is 1. The fraction of sp³-hybridized carbons (Fsp3) is 0.571. The van der Waals surface area contributed by atoms with Gasteiger partial charge in [-0.2, -0.15) is 0 Å². The molecule has 1 spiro atoms. The van der Waals surface area contributed by atoms with E-state index in [9.17, 15) is 9.90 Å². The van der Waals surface area contributed by atoms with Crippen LogP contribution in [-0.4, -0.2) is 53.5 Å². The Morgan fingerprint density at radius 3 is 3.04 bits per heavy atom. The van der Waals surface area contributed by atoms with E-state index in [4.69, 9.17) is 9.47 Å². The Bertz CT molecular complexity index is 968. The minimum atomic E-state index is -1.69. The van der Waals surface area contributed by atoms with Crippen LogP contribution in [0.15, 0.2) is 24.3 Å². The van der Waals surface area contributed by atoms with Gasteiger partial charge in [0.25, 0.3) is 0 Å². The zero-order valence-corrected chi connectivity index (χ0v) is 15.5. The SMILES string of the molecule is COC(=O)[C@@]1(O)C[C@]23CCO[C@H]2CCN2CCc4c(n1c1ccccc41)[C@@H]23. The van der Waals surface area contributed by atoms with Gasteiger partial charge in [0, 0.05) is 42.6 Å². The Labute approximate surface area is 157 Å². The van der Waals surface area contributed by atoms with Gasteiger partial charge in [0.15, 0.2) is 0 Å². The Balaban J connectivity index is 1.73. The number of piperidine rings is 1. The van der Waals surface area contributed by atoms with Gasteiger partial charge in [-0.05, 0) is 30.9 Å². The molecule has 6 nitrogen and oxygen atoms in total. The number of rotatable bonds is 1. The standard InChI is InChI=1S/C21H24N2O4/c1-26-19(24)21(25)12-20-8-11-27-16(20)7-10-22-9-6-14-13-4-2-3-5-15(13)23(21)17(14)18(20)22/h2-5,16,18,25H,6-12H2,1H3/t16-,18+,20+,21-/m0/s1. The minimum Gasteiger partial charge on any atom is -0.465 e. The molecule has 4 aliphatic rings. The lowest BCUT2D eigenvalue weighted by molar-refractivity contribution is -0.199. The average molecular weight is 368 g/mol. The van der Waals surface area contributed by atoms with Gasteiger partial charge in [-0.15, -0.1) is 0 Å². The number of hydrogen-bond donors (Lipinski definition) is 1. The molecular formula is C21H24N2O4. The number of esters is 1. The highest BCUT2D eigenvalue weighted by Crippen LogP contribution is 2.63. The molecule has 2 aromatic rings. The van der Waals surface area contributed by atoms with Crippen LogP contribution in [0.25, 0.3) is 10.9 Å². The summed E-state index contributed by atoms with van der Waals surface area (Å²) in [6, 6.07) is 8.32. The molecule has 2 fully saturated rings. The summed E-state index contributed by atoms with van der Waals surface area (Å²) in [5.41, 5.74) is 1.39. The van der Waals surface area contributed by atoms with Crippen LogP contribution in [0, 0.1) is 5.41 Å². The number of ether oxygens (including phenoxy) is 2. The number of benzene rings is 1. The van der Waals surface area contributed by atoms with Crippen molar-refractivity contribution in [3.8, 4) is 0 Å². The number of para-hydroxylation sites is 1. The van der Waals surface area contributed by atoms with Crippen molar-refractivity contribution >= 4 is 16.9 Å². The van der Waals surface area contributed by atoms with E-state index in [1.165, 1.54) is 12.7 Å². The molecule has 1 N–H and O–H groups in total. The molecule has 2 saturated heterocycles. The first-order valence-corrected chi connectivity index (χ1v) is 9.89. The number of methoxy groups -OCH3 is 1. The van der Waals surface area contributed by atoms with Crippen molar-refractivity contribution in [1.29, 1.82) is 0 Å². The van der Waals surface area contributed by atoms with Crippen molar-refractivity contribution in [2.24, 2.45) is 5.41 Å². The van der Waals surface area contributed by atoms with Crippen LogP contribution in [0.1, 0.15) is 36.6 Å². The normalized spacial score (nSPS) is 37.1. The maximum Gasteiger partial charge on any atom is 0.359 e. The number of aromatic nitrogens is 1. The second kappa shape index (κ2) is 5.13. The van der Waals surface area contributed by atoms with E-state index < -0.39 is 11.7 Å². The Morgan fingerprint density at radius 2 is 2.19 bits per heavy atom. The van der Waals surface area contributed by atoms with Gasteiger partial charge in [-0.1, -0.05) is 18.2 Å². The summed E-state index contributed by atoms with van der Waals surface area (Å²) >= 11 is 0. The number of carbonyl (C=O) groups is 1. The van der Waals surface area contributed by atoms with Crippen molar-refractivity contribution in [1.82, 2.24) is 9.47 Å². The molecule has 142 valence electrons. The van der Waals surface area contributed by atoms with Crippen LogP contribution < -0.4 is 0 Å². The first-order valence-electron chi connectivity index (χ1n) is 9.89. The fourth-order valence-corrected chi connectivity index (χ4v) is 6.56.